The molecule has 11 heteroatoms. The molecule has 5 rings (SSSR count). The monoisotopic (exact) mass is 505 g/mol. The largest absolute Gasteiger partial charge is 0.394 e. The van der Waals surface area contributed by atoms with Crippen molar-refractivity contribution in [2.75, 3.05) is 68.0 Å². The van der Waals surface area contributed by atoms with Gasteiger partial charge in [-0.15, -0.1) is 0 Å². The third kappa shape index (κ3) is 5.37. The lowest BCUT2D eigenvalue weighted by atomic mass is 10.2. The molecule has 1 aromatic carbocycles. The van der Waals surface area contributed by atoms with Crippen molar-refractivity contribution < 1.29 is 9.90 Å². The quantitative estimate of drug-likeness (QED) is 0.394. The van der Waals surface area contributed by atoms with Crippen LogP contribution in [-0.4, -0.2) is 94.4 Å². The summed E-state index contributed by atoms with van der Waals surface area (Å²) in [6.45, 7) is 10.9. The summed E-state index contributed by atoms with van der Waals surface area (Å²) in [4.78, 5) is 32.8. The van der Waals surface area contributed by atoms with Gasteiger partial charge in [0.2, 0.25) is 11.9 Å². The summed E-state index contributed by atoms with van der Waals surface area (Å²) in [7, 11) is 2.16. The SMILES string of the molecule is C=CC(=O)N[C@H]1CCN(c2nc(Nc3ccc(N4CCN(C)CC4)cc3)c3ncn(C(C)CO)c3n2)C1. The van der Waals surface area contributed by atoms with Gasteiger partial charge in [-0.2, -0.15) is 9.97 Å². The Balaban J connectivity index is 1.42. The number of nitrogens with zero attached hydrogens (tertiary/aromatic N) is 7. The van der Waals surface area contributed by atoms with E-state index in [4.69, 9.17) is 9.97 Å². The van der Waals surface area contributed by atoms with Gasteiger partial charge in [0.05, 0.1) is 19.0 Å². The van der Waals surface area contributed by atoms with Crippen LogP contribution in [0, 0.1) is 0 Å². The van der Waals surface area contributed by atoms with Gasteiger partial charge in [-0.3, -0.25) is 4.79 Å². The minimum absolute atomic E-state index is 0.00426. The Hall–Kier alpha value is -3.70. The van der Waals surface area contributed by atoms with E-state index >= 15 is 0 Å². The van der Waals surface area contributed by atoms with Crippen LogP contribution in [0.15, 0.2) is 43.2 Å². The van der Waals surface area contributed by atoms with Gasteiger partial charge in [0.1, 0.15) is 0 Å². The first kappa shape index (κ1) is 25.0. The normalized spacial score (nSPS) is 19.3. The molecule has 1 amide bonds. The maximum absolute atomic E-state index is 11.8. The molecule has 3 N–H and O–H groups in total. The standard InChI is InChI=1S/C26H35N9O2/c1-4-22(37)28-20-9-10-34(15-20)26-30-24(23-25(31-26)35(17-27-23)18(2)16-36)29-19-5-7-21(8-6-19)33-13-11-32(3)12-14-33/h4-8,17-18,20,36H,1,9-16H2,2-3H3,(H,28,37)(H,29,30,31)/t18?,20-/m0/s1. The van der Waals surface area contributed by atoms with Gasteiger partial charge in [-0.05, 0) is 50.7 Å². The highest BCUT2D eigenvalue weighted by atomic mass is 16.3. The van der Waals surface area contributed by atoms with E-state index in [9.17, 15) is 9.90 Å². The Morgan fingerprint density at radius 3 is 2.62 bits per heavy atom. The fourth-order valence-corrected chi connectivity index (χ4v) is 4.82. The molecule has 3 aromatic rings. The molecule has 1 unspecified atom stereocenters. The maximum Gasteiger partial charge on any atom is 0.243 e. The van der Waals surface area contributed by atoms with E-state index in [0.717, 1.165) is 44.8 Å². The first-order chi connectivity index (χ1) is 17.9. The van der Waals surface area contributed by atoms with Crippen molar-refractivity contribution in [3.8, 4) is 0 Å². The first-order valence-electron chi connectivity index (χ1n) is 12.8. The average molecular weight is 506 g/mol. The van der Waals surface area contributed by atoms with Crippen molar-refractivity contribution in [3.05, 3.63) is 43.2 Å². The van der Waals surface area contributed by atoms with Gasteiger partial charge in [-0.1, -0.05) is 6.58 Å². The Morgan fingerprint density at radius 1 is 1.16 bits per heavy atom. The van der Waals surface area contributed by atoms with Crippen LogP contribution in [0.3, 0.4) is 0 Å². The van der Waals surface area contributed by atoms with E-state index in [2.05, 4.69) is 68.2 Å². The molecule has 4 heterocycles. The minimum Gasteiger partial charge on any atom is -0.394 e. The molecule has 2 saturated heterocycles. The highest BCUT2D eigenvalue weighted by molar-refractivity contribution is 5.88. The van der Waals surface area contributed by atoms with Crippen LogP contribution < -0.4 is 20.4 Å². The van der Waals surface area contributed by atoms with Crippen molar-refractivity contribution in [2.24, 2.45) is 0 Å². The van der Waals surface area contributed by atoms with Gasteiger partial charge >= 0.3 is 0 Å². The lowest BCUT2D eigenvalue weighted by Gasteiger charge is -2.34. The third-order valence-electron chi connectivity index (χ3n) is 7.15. The Bertz CT molecular complexity index is 1250. The van der Waals surface area contributed by atoms with Gasteiger partial charge in [0.15, 0.2) is 17.0 Å². The lowest BCUT2D eigenvalue weighted by Crippen LogP contribution is -2.44. The number of imidazole rings is 1. The van der Waals surface area contributed by atoms with Crippen LogP contribution in [0.2, 0.25) is 0 Å². The number of carbonyl (C=O) groups is 1. The maximum atomic E-state index is 11.8. The second-order valence-electron chi connectivity index (χ2n) is 9.83. The number of hydrogen-bond donors (Lipinski definition) is 3. The van der Waals surface area contributed by atoms with Crippen molar-refractivity contribution in [2.45, 2.75) is 25.4 Å². The van der Waals surface area contributed by atoms with Crippen molar-refractivity contribution in [3.63, 3.8) is 0 Å². The molecule has 11 nitrogen and oxygen atoms in total. The van der Waals surface area contributed by atoms with Crippen LogP contribution in [0.4, 0.5) is 23.1 Å². The Morgan fingerprint density at radius 2 is 1.92 bits per heavy atom. The zero-order chi connectivity index (χ0) is 25.9. The van der Waals surface area contributed by atoms with Crippen molar-refractivity contribution in [1.29, 1.82) is 0 Å². The number of likely N-dealkylation sites (N-methyl/N-ethyl adjacent to an activating group) is 1. The van der Waals surface area contributed by atoms with Gasteiger partial charge in [-0.25, -0.2) is 4.98 Å². The summed E-state index contributed by atoms with van der Waals surface area (Å²) >= 11 is 0. The van der Waals surface area contributed by atoms with E-state index in [1.165, 1.54) is 11.8 Å². The highest BCUT2D eigenvalue weighted by Crippen LogP contribution is 2.29. The smallest absolute Gasteiger partial charge is 0.243 e. The van der Waals surface area contributed by atoms with Crippen LogP contribution in [0.1, 0.15) is 19.4 Å². The molecule has 2 aliphatic heterocycles. The van der Waals surface area contributed by atoms with E-state index in [0.29, 0.717) is 29.5 Å². The summed E-state index contributed by atoms with van der Waals surface area (Å²) in [6.07, 6.45) is 3.78. The number of amides is 1. The molecule has 0 bridgehead atoms. The topological polar surface area (TPSA) is 115 Å². The molecule has 0 saturated carbocycles. The van der Waals surface area contributed by atoms with E-state index in [-0.39, 0.29) is 24.6 Å². The number of aromatic nitrogens is 4. The molecule has 0 spiro atoms. The van der Waals surface area contributed by atoms with E-state index in [1.54, 1.807) is 6.33 Å². The molecule has 0 radical (unpaired) electrons. The van der Waals surface area contributed by atoms with Gasteiger partial charge in [0, 0.05) is 56.7 Å². The molecule has 0 aliphatic carbocycles. The second kappa shape index (κ2) is 10.7. The Labute approximate surface area is 216 Å². The summed E-state index contributed by atoms with van der Waals surface area (Å²) < 4.78 is 1.87. The number of benzene rings is 1. The minimum atomic E-state index is -0.180. The van der Waals surface area contributed by atoms with Gasteiger partial charge in [0.25, 0.3) is 0 Å². The van der Waals surface area contributed by atoms with Gasteiger partial charge < -0.3 is 35.0 Å². The third-order valence-corrected chi connectivity index (χ3v) is 7.15. The number of aliphatic hydroxyl groups is 1. The molecular weight excluding hydrogens is 470 g/mol. The fourth-order valence-electron chi connectivity index (χ4n) is 4.82. The summed E-state index contributed by atoms with van der Waals surface area (Å²) in [5, 5.41) is 16.2. The molecule has 2 aromatic heterocycles. The number of fused-ring (bicyclic) bond motifs is 1. The molecule has 37 heavy (non-hydrogen) atoms. The molecule has 2 atom stereocenters. The number of rotatable bonds is 8. The predicted octanol–water partition coefficient (Wildman–Crippen LogP) is 1.76. The molecule has 2 aliphatic rings. The number of nitrogens with one attached hydrogen (secondary N) is 2. The number of hydrogen-bond acceptors (Lipinski definition) is 9. The molecule has 196 valence electrons. The average Bonchev–Trinajstić information content (AvgIpc) is 3.56. The number of anilines is 4. The highest BCUT2D eigenvalue weighted by Gasteiger charge is 2.27. The first-order valence-corrected chi connectivity index (χ1v) is 12.8. The summed E-state index contributed by atoms with van der Waals surface area (Å²) in [5.74, 6) is 0.988. The van der Waals surface area contributed by atoms with Crippen LogP contribution in [0.25, 0.3) is 11.2 Å². The van der Waals surface area contributed by atoms with E-state index < -0.39 is 0 Å². The fraction of sp³-hybridized carbons (Fsp3) is 0.462. The second-order valence-corrected chi connectivity index (χ2v) is 9.83. The number of piperazine rings is 1. The van der Waals surface area contributed by atoms with Crippen LogP contribution >= 0.6 is 0 Å². The van der Waals surface area contributed by atoms with Crippen LogP contribution in [0.5, 0.6) is 0 Å². The predicted molar refractivity (Wildman–Crippen MR) is 146 cm³/mol. The molecule has 2 fully saturated rings. The number of aliphatic hydroxyl groups excluding tert-OH is 1. The van der Waals surface area contributed by atoms with Crippen LogP contribution in [-0.2, 0) is 4.79 Å². The van der Waals surface area contributed by atoms with Crippen molar-refractivity contribution >= 4 is 40.2 Å². The lowest BCUT2D eigenvalue weighted by molar-refractivity contribution is -0.117. The van der Waals surface area contributed by atoms with E-state index in [1.807, 2.05) is 11.5 Å². The Kier molecular flexibility index (Phi) is 7.24. The molecular formula is C26H35N9O2. The zero-order valence-electron chi connectivity index (χ0n) is 21.5. The van der Waals surface area contributed by atoms with Crippen molar-refractivity contribution in [1.82, 2.24) is 29.7 Å². The number of carbonyl (C=O) groups excluding carboxylic acids is 1. The summed E-state index contributed by atoms with van der Waals surface area (Å²) in [5.41, 5.74) is 3.41. The summed E-state index contributed by atoms with van der Waals surface area (Å²) in [6, 6.07) is 8.21. The zero-order valence-corrected chi connectivity index (χ0v) is 21.5.